The minimum Gasteiger partial charge on any atom is -0.268 e. The van der Waals surface area contributed by atoms with Crippen molar-refractivity contribution in [2.24, 2.45) is 8.80 Å². The van der Waals surface area contributed by atoms with Crippen LogP contribution in [-0.4, -0.2) is 37.4 Å². The van der Waals surface area contributed by atoms with E-state index in [-0.39, 0.29) is 22.6 Å². The summed E-state index contributed by atoms with van der Waals surface area (Å²) in [5, 5.41) is 0. The first-order valence-corrected chi connectivity index (χ1v) is 7.29. The molecule has 0 unspecified atom stereocenters. The smallest absolute Gasteiger partial charge is 0.268 e. The number of hydrogen-bond acceptors (Lipinski definition) is 4. The Kier molecular flexibility index (Phi) is 3.86. The Morgan fingerprint density at radius 1 is 0.833 bits per heavy atom. The normalized spacial score (nSPS) is 22.0. The Morgan fingerprint density at radius 3 is 1.33 bits per heavy atom. The lowest BCUT2D eigenvalue weighted by molar-refractivity contribution is 0.483. The molecule has 8 nitrogen and oxygen atoms in total. The lowest BCUT2D eigenvalue weighted by atomic mass is 9.98. The molecule has 0 aliphatic heterocycles. The molecule has 100 valence electrons. The van der Waals surface area contributed by atoms with Gasteiger partial charge in [-0.2, -0.15) is 16.8 Å². The molecular formula is C8H10N2O6S2. The van der Waals surface area contributed by atoms with E-state index in [1.54, 1.807) is 0 Å². The molecule has 0 aromatic rings. The Balaban J connectivity index is 3.33. The van der Waals surface area contributed by atoms with Crippen LogP contribution < -0.4 is 0 Å². The largest absolute Gasteiger partial charge is 0.378 e. The van der Waals surface area contributed by atoms with E-state index >= 15 is 0 Å². The van der Waals surface area contributed by atoms with E-state index in [2.05, 4.69) is 8.80 Å². The summed E-state index contributed by atoms with van der Waals surface area (Å²) in [6.45, 7) is 2.90. The van der Waals surface area contributed by atoms with Crippen molar-refractivity contribution in [3.63, 3.8) is 0 Å². The van der Waals surface area contributed by atoms with Gasteiger partial charge in [-0.1, -0.05) is 0 Å². The van der Waals surface area contributed by atoms with Gasteiger partial charge in [0.1, 0.15) is 0 Å². The van der Waals surface area contributed by atoms with Crippen LogP contribution in [0, 0.1) is 0 Å². The highest BCUT2D eigenvalue weighted by molar-refractivity contribution is 7.84. The Morgan fingerprint density at radius 2 is 1.11 bits per heavy atom. The third-order valence-electron chi connectivity index (χ3n) is 1.94. The van der Waals surface area contributed by atoms with Crippen LogP contribution in [-0.2, 0) is 20.6 Å². The quantitative estimate of drug-likeness (QED) is 0.558. The van der Waals surface area contributed by atoms with Crippen molar-refractivity contribution in [1.29, 1.82) is 0 Å². The molecule has 0 bridgehead atoms. The summed E-state index contributed by atoms with van der Waals surface area (Å²) >= 11 is 0. The fourth-order valence-corrected chi connectivity index (χ4v) is 2.12. The molecule has 0 saturated heterocycles. The molecule has 1 aliphatic rings. The number of hydrogen-bond donors (Lipinski definition) is 2. The van der Waals surface area contributed by atoms with E-state index < -0.39 is 20.6 Å². The lowest BCUT2D eigenvalue weighted by Crippen LogP contribution is -2.13. The van der Waals surface area contributed by atoms with E-state index in [1.807, 2.05) is 0 Å². The van der Waals surface area contributed by atoms with Crippen molar-refractivity contribution in [2.75, 3.05) is 0 Å². The Bertz CT molecular complexity index is 632. The van der Waals surface area contributed by atoms with Crippen LogP contribution in [0.4, 0.5) is 0 Å². The highest BCUT2D eigenvalue weighted by atomic mass is 32.2. The number of allylic oxidation sites excluding steroid dienone is 4. The first kappa shape index (κ1) is 14.7. The minimum absolute atomic E-state index is 0.0377. The summed E-state index contributed by atoms with van der Waals surface area (Å²) < 4.78 is 65.7. The first-order chi connectivity index (χ1) is 7.98. The van der Waals surface area contributed by atoms with Gasteiger partial charge in [0.2, 0.25) is 0 Å². The van der Waals surface area contributed by atoms with E-state index in [4.69, 9.17) is 9.11 Å². The van der Waals surface area contributed by atoms with Crippen molar-refractivity contribution in [3.05, 3.63) is 23.3 Å². The average Bonchev–Trinajstić information content (AvgIpc) is 2.08. The lowest BCUT2D eigenvalue weighted by Gasteiger charge is -2.11. The van der Waals surface area contributed by atoms with Gasteiger partial charge in [-0.25, -0.2) is 0 Å². The number of rotatable bonds is 2. The van der Waals surface area contributed by atoms with Gasteiger partial charge in [-0.3, -0.25) is 9.11 Å². The summed E-state index contributed by atoms with van der Waals surface area (Å²) in [5.41, 5.74) is 0.481. The van der Waals surface area contributed by atoms with Crippen molar-refractivity contribution < 1.29 is 25.9 Å². The summed E-state index contributed by atoms with van der Waals surface area (Å²) in [6.07, 6.45) is 2.46. The number of nitrogens with zero attached hydrogens (tertiary/aromatic N) is 2. The second kappa shape index (κ2) is 4.72. The fraction of sp³-hybridized carbons (Fsp3) is 0.250. The van der Waals surface area contributed by atoms with Gasteiger partial charge >= 0.3 is 20.6 Å². The molecule has 1 aliphatic carbocycles. The van der Waals surface area contributed by atoms with E-state index in [0.717, 1.165) is 0 Å². The summed E-state index contributed by atoms with van der Waals surface area (Å²) in [5.74, 6) is 0. The third kappa shape index (κ3) is 4.49. The van der Waals surface area contributed by atoms with Gasteiger partial charge in [0.25, 0.3) is 0 Å². The molecule has 2 N–H and O–H groups in total. The molecule has 0 aromatic carbocycles. The predicted octanol–water partition coefficient (Wildman–Crippen LogP) is 0.380. The second-order valence-electron chi connectivity index (χ2n) is 3.50. The Labute approximate surface area is 104 Å². The van der Waals surface area contributed by atoms with Crippen LogP contribution in [0.3, 0.4) is 0 Å². The van der Waals surface area contributed by atoms with Gasteiger partial charge in [0.15, 0.2) is 0 Å². The molecule has 0 fully saturated rings. The SMILES string of the molecule is CC1=CC(=NS(=O)(=O)O)C(C)=CC1=NS(=O)(=O)O. The Hall–Kier alpha value is -1.36. The molecule has 0 aromatic heterocycles. The monoisotopic (exact) mass is 294 g/mol. The molecule has 1 rings (SSSR count). The van der Waals surface area contributed by atoms with Gasteiger partial charge in [0, 0.05) is 0 Å². The topological polar surface area (TPSA) is 133 Å². The zero-order valence-corrected chi connectivity index (χ0v) is 11.0. The molecule has 0 atom stereocenters. The summed E-state index contributed by atoms with van der Waals surface area (Å²) in [6, 6.07) is 0. The first-order valence-electron chi connectivity index (χ1n) is 4.50. The summed E-state index contributed by atoms with van der Waals surface area (Å²) in [7, 11) is -9.08. The molecule has 18 heavy (non-hydrogen) atoms. The maximum atomic E-state index is 10.6. The van der Waals surface area contributed by atoms with Crippen LogP contribution in [0.2, 0.25) is 0 Å². The van der Waals surface area contributed by atoms with Crippen molar-refractivity contribution in [1.82, 2.24) is 0 Å². The highest BCUT2D eigenvalue weighted by Crippen LogP contribution is 2.15. The average molecular weight is 294 g/mol. The van der Waals surface area contributed by atoms with Gasteiger partial charge in [-0.05, 0) is 37.1 Å². The van der Waals surface area contributed by atoms with Gasteiger partial charge in [0.05, 0.1) is 11.4 Å². The summed E-state index contributed by atoms with van der Waals surface area (Å²) in [4.78, 5) is 0. The van der Waals surface area contributed by atoms with E-state index in [1.165, 1.54) is 26.0 Å². The van der Waals surface area contributed by atoms with Crippen LogP contribution in [0.25, 0.3) is 0 Å². The van der Waals surface area contributed by atoms with Crippen molar-refractivity contribution in [2.45, 2.75) is 13.8 Å². The highest BCUT2D eigenvalue weighted by Gasteiger charge is 2.16. The standard InChI is InChI=1S/C8H10N2O6S2/c1-5-3-8(10-18(14,15)16)6(2)4-7(5)9-17(11,12)13/h3-4H,1-2H3,(H,11,12,13)(H,14,15,16). The van der Waals surface area contributed by atoms with E-state index in [9.17, 15) is 16.8 Å². The molecule has 0 radical (unpaired) electrons. The maximum absolute atomic E-state index is 10.6. The minimum atomic E-state index is -4.54. The van der Waals surface area contributed by atoms with Crippen molar-refractivity contribution in [3.8, 4) is 0 Å². The fourth-order valence-electron chi connectivity index (χ4n) is 1.23. The van der Waals surface area contributed by atoms with Crippen LogP contribution in [0.1, 0.15) is 13.8 Å². The zero-order valence-electron chi connectivity index (χ0n) is 9.39. The van der Waals surface area contributed by atoms with Gasteiger partial charge < -0.3 is 0 Å². The van der Waals surface area contributed by atoms with Crippen molar-refractivity contribution >= 4 is 32.0 Å². The molecule has 0 heterocycles. The molecule has 10 heteroatoms. The molecule has 0 spiro atoms. The molecular weight excluding hydrogens is 284 g/mol. The zero-order chi connectivity index (χ0) is 14.1. The predicted molar refractivity (Wildman–Crippen MR) is 65.5 cm³/mol. The van der Waals surface area contributed by atoms with Crippen LogP contribution in [0.5, 0.6) is 0 Å². The molecule has 0 saturated carbocycles. The molecule has 0 amide bonds. The second-order valence-corrected chi connectivity index (χ2v) is 5.66. The van der Waals surface area contributed by atoms with Crippen LogP contribution in [0.15, 0.2) is 32.1 Å². The third-order valence-corrected chi connectivity index (χ3v) is 2.80. The van der Waals surface area contributed by atoms with E-state index in [0.29, 0.717) is 0 Å². The van der Waals surface area contributed by atoms with Gasteiger partial charge in [-0.15, -0.1) is 8.80 Å². The van der Waals surface area contributed by atoms with Crippen LogP contribution >= 0.6 is 0 Å². The maximum Gasteiger partial charge on any atom is 0.378 e.